The van der Waals surface area contributed by atoms with E-state index < -0.39 is 10.0 Å². The van der Waals surface area contributed by atoms with Crippen molar-refractivity contribution in [1.82, 2.24) is 9.62 Å². The van der Waals surface area contributed by atoms with E-state index in [1.54, 1.807) is 31.3 Å². The summed E-state index contributed by atoms with van der Waals surface area (Å²) in [4.78, 5) is 13.6. The average molecular weight is 397 g/mol. The van der Waals surface area contributed by atoms with Crippen molar-refractivity contribution < 1.29 is 17.9 Å². The van der Waals surface area contributed by atoms with Crippen LogP contribution in [-0.2, 0) is 10.0 Å². The molecule has 0 saturated carbocycles. The molecule has 1 aromatic carbocycles. The Balaban J connectivity index is 2.35. The number of hydrogen-bond acceptors (Lipinski definition) is 5. The molecular formula is C18H24N2O4S2. The number of carbonyl (C=O) groups is 1. The van der Waals surface area contributed by atoms with Crippen LogP contribution in [0.3, 0.4) is 0 Å². The van der Waals surface area contributed by atoms with E-state index in [2.05, 4.69) is 5.32 Å². The Hall–Kier alpha value is -1.90. The van der Waals surface area contributed by atoms with Crippen LogP contribution in [-0.4, -0.2) is 38.8 Å². The first kappa shape index (κ1) is 20.4. The lowest BCUT2D eigenvalue weighted by molar-refractivity contribution is 0.0940. The van der Waals surface area contributed by atoms with Gasteiger partial charge in [0.2, 0.25) is 10.0 Å². The first-order valence-electron chi connectivity index (χ1n) is 8.37. The molecule has 0 saturated heterocycles. The van der Waals surface area contributed by atoms with Crippen molar-refractivity contribution in [2.24, 2.45) is 0 Å². The topological polar surface area (TPSA) is 75.7 Å². The molecule has 0 radical (unpaired) electrons. The number of sulfonamides is 1. The molecule has 26 heavy (non-hydrogen) atoms. The standard InChI is InChI=1S/C18H24N2O4S2/c1-5-20(6-2)26(22,23)17-12-14(9-10-15(17)24-4)18(21)19-13(3)16-8-7-11-25-16/h7-13H,5-6H2,1-4H3,(H,19,21). The van der Waals surface area contributed by atoms with Crippen molar-refractivity contribution in [1.29, 1.82) is 0 Å². The lowest BCUT2D eigenvalue weighted by Gasteiger charge is -2.20. The third kappa shape index (κ3) is 4.25. The molecule has 6 nitrogen and oxygen atoms in total. The maximum Gasteiger partial charge on any atom is 0.251 e. The number of methoxy groups -OCH3 is 1. The molecule has 1 aromatic heterocycles. The fraction of sp³-hybridized carbons (Fsp3) is 0.389. The smallest absolute Gasteiger partial charge is 0.251 e. The van der Waals surface area contributed by atoms with Crippen LogP contribution in [0.25, 0.3) is 0 Å². The maximum absolute atomic E-state index is 12.9. The second-order valence-electron chi connectivity index (χ2n) is 5.67. The lowest BCUT2D eigenvalue weighted by atomic mass is 10.2. The highest BCUT2D eigenvalue weighted by Crippen LogP contribution is 2.28. The van der Waals surface area contributed by atoms with Gasteiger partial charge in [-0.05, 0) is 36.6 Å². The molecule has 0 spiro atoms. The monoisotopic (exact) mass is 396 g/mol. The third-order valence-electron chi connectivity index (χ3n) is 4.07. The van der Waals surface area contributed by atoms with Gasteiger partial charge in [-0.1, -0.05) is 19.9 Å². The summed E-state index contributed by atoms with van der Waals surface area (Å²) in [6.45, 7) is 6.11. The van der Waals surface area contributed by atoms with Crippen LogP contribution in [0.1, 0.15) is 42.0 Å². The molecule has 8 heteroatoms. The zero-order chi connectivity index (χ0) is 19.3. The first-order chi connectivity index (χ1) is 12.3. The molecule has 2 aromatic rings. The molecule has 1 heterocycles. The molecule has 0 aliphatic rings. The highest BCUT2D eigenvalue weighted by Gasteiger charge is 2.27. The van der Waals surface area contributed by atoms with Crippen molar-refractivity contribution in [2.45, 2.75) is 31.7 Å². The van der Waals surface area contributed by atoms with E-state index in [0.29, 0.717) is 13.1 Å². The summed E-state index contributed by atoms with van der Waals surface area (Å²) in [5.41, 5.74) is 0.278. The predicted molar refractivity (Wildman–Crippen MR) is 103 cm³/mol. The van der Waals surface area contributed by atoms with Crippen LogP contribution < -0.4 is 10.1 Å². The molecule has 2 rings (SSSR count). The van der Waals surface area contributed by atoms with Gasteiger partial charge in [-0.15, -0.1) is 11.3 Å². The van der Waals surface area contributed by atoms with E-state index in [9.17, 15) is 13.2 Å². The van der Waals surface area contributed by atoms with Crippen molar-refractivity contribution in [2.75, 3.05) is 20.2 Å². The Morgan fingerprint density at radius 1 is 1.27 bits per heavy atom. The van der Waals surface area contributed by atoms with E-state index in [4.69, 9.17) is 4.74 Å². The highest BCUT2D eigenvalue weighted by molar-refractivity contribution is 7.89. The summed E-state index contributed by atoms with van der Waals surface area (Å²) >= 11 is 1.55. The minimum Gasteiger partial charge on any atom is -0.495 e. The molecule has 1 unspecified atom stereocenters. The van der Waals surface area contributed by atoms with Gasteiger partial charge in [-0.3, -0.25) is 4.79 Å². The Kier molecular flexibility index (Phi) is 6.80. The van der Waals surface area contributed by atoms with Gasteiger partial charge in [-0.25, -0.2) is 8.42 Å². The van der Waals surface area contributed by atoms with Crippen LogP contribution >= 0.6 is 11.3 Å². The van der Waals surface area contributed by atoms with Gasteiger partial charge in [0, 0.05) is 23.5 Å². The average Bonchev–Trinajstić information content (AvgIpc) is 3.16. The summed E-state index contributed by atoms with van der Waals surface area (Å²) < 4.78 is 32.3. The summed E-state index contributed by atoms with van der Waals surface area (Å²) in [5, 5.41) is 4.84. The normalized spacial score (nSPS) is 12.8. The Labute approximate surface area is 158 Å². The van der Waals surface area contributed by atoms with Crippen LogP contribution in [0.4, 0.5) is 0 Å². The minimum atomic E-state index is -3.74. The van der Waals surface area contributed by atoms with Crippen molar-refractivity contribution >= 4 is 27.3 Å². The van der Waals surface area contributed by atoms with Gasteiger partial charge in [-0.2, -0.15) is 4.31 Å². The number of amides is 1. The molecule has 0 aliphatic carbocycles. The number of ether oxygens (including phenoxy) is 1. The predicted octanol–water partition coefficient (Wildman–Crippen LogP) is 3.28. The second kappa shape index (κ2) is 8.66. The van der Waals surface area contributed by atoms with Gasteiger partial charge in [0.15, 0.2) is 0 Å². The zero-order valence-corrected chi connectivity index (χ0v) is 17.0. The van der Waals surface area contributed by atoms with Crippen LogP contribution in [0.5, 0.6) is 5.75 Å². The van der Waals surface area contributed by atoms with Gasteiger partial charge >= 0.3 is 0 Å². The quantitative estimate of drug-likeness (QED) is 0.743. The van der Waals surface area contributed by atoms with E-state index in [-0.39, 0.29) is 28.2 Å². The molecule has 1 N–H and O–H groups in total. The van der Waals surface area contributed by atoms with E-state index in [1.165, 1.54) is 23.5 Å². The molecule has 0 bridgehead atoms. The summed E-state index contributed by atoms with van der Waals surface area (Å²) in [7, 11) is -2.33. The van der Waals surface area contributed by atoms with Crippen molar-refractivity contribution in [3.8, 4) is 5.75 Å². The third-order valence-corrected chi connectivity index (χ3v) is 7.19. The summed E-state index contributed by atoms with van der Waals surface area (Å²) in [6.07, 6.45) is 0. The van der Waals surface area contributed by atoms with E-state index in [1.807, 2.05) is 24.4 Å². The van der Waals surface area contributed by atoms with E-state index in [0.717, 1.165) is 4.88 Å². The number of thiophene rings is 1. The van der Waals surface area contributed by atoms with E-state index >= 15 is 0 Å². The number of nitrogens with one attached hydrogen (secondary N) is 1. The molecule has 1 amide bonds. The Morgan fingerprint density at radius 2 is 1.96 bits per heavy atom. The van der Waals surface area contributed by atoms with Crippen molar-refractivity contribution in [3.63, 3.8) is 0 Å². The maximum atomic E-state index is 12.9. The highest BCUT2D eigenvalue weighted by atomic mass is 32.2. The molecule has 1 atom stereocenters. The van der Waals surface area contributed by atoms with Gasteiger partial charge in [0.25, 0.3) is 5.91 Å². The van der Waals surface area contributed by atoms with Gasteiger partial charge in [0.1, 0.15) is 10.6 Å². The van der Waals surface area contributed by atoms with Crippen molar-refractivity contribution in [3.05, 3.63) is 46.2 Å². The molecular weight excluding hydrogens is 372 g/mol. The summed E-state index contributed by atoms with van der Waals surface area (Å²) in [5.74, 6) is -0.107. The number of nitrogens with zero attached hydrogens (tertiary/aromatic N) is 1. The molecule has 0 fully saturated rings. The second-order valence-corrected chi connectivity index (χ2v) is 8.55. The summed E-state index contributed by atoms with van der Waals surface area (Å²) in [6, 6.07) is 8.16. The number of benzene rings is 1. The first-order valence-corrected chi connectivity index (χ1v) is 10.7. The minimum absolute atomic E-state index is 0.000117. The zero-order valence-electron chi connectivity index (χ0n) is 15.4. The van der Waals surface area contributed by atoms with Crippen LogP contribution in [0.2, 0.25) is 0 Å². The Bertz CT molecular complexity index is 844. The molecule has 0 aliphatic heterocycles. The fourth-order valence-corrected chi connectivity index (χ4v) is 4.98. The number of carbonyl (C=O) groups excluding carboxylic acids is 1. The Morgan fingerprint density at radius 3 is 2.50 bits per heavy atom. The van der Waals surface area contributed by atoms with Crippen LogP contribution in [0.15, 0.2) is 40.6 Å². The number of rotatable bonds is 8. The largest absolute Gasteiger partial charge is 0.495 e. The number of hydrogen-bond donors (Lipinski definition) is 1. The SMILES string of the molecule is CCN(CC)S(=O)(=O)c1cc(C(=O)NC(C)c2cccs2)ccc1OC. The van der Waals surface area contributed by atoms with Crippen LogP contribution in [0, 0.1) is 0 Å². The fourth-order valence-electron chi connectivity index (χ4n) is 2.61. The van der Waals surface area contributed by atoms with Gasteiger partial charge in [0.05, 0.1) is 13.2 Å². The lowest BCUT2D eigenvalue weighted by Crippen LogP contribution is -2.31. The van der Waals surface area contributed by atoms with Gasteiger partial charge < -0.3 is 10.1 Å². The molecule has 142 valence electrons.